The molecule has 0 heterocycles. The molecule has 2 aliphatic rings. The summed E-state index contributed by atoms with van der Waals surface area (Å²) < 4.78 is 0. The zero-order valence-electron chi connectivity index (χ0n) is 9.04. The highest BCUT2D eigenvalue weighted by Crippen LogP contribution is 2.43. The highest BCUT2D eigenvalue weighted by molar-refractivity contribution is 6.84. The van der Waals surface area contributed by atoms with Crippen molar-refractivity contribution in [3.63, 3.8) is 0 Å². The molecule has 3 heteroatoms. The molecule has 2 aliphatic carbocycles. The van der Waals surface area contributed by atoms with Gasteiger partial charge in [0.1, 0.15) is 12.2 Å². The zero-order chi connectivity index (χ0) is 10.5. The summed E-state index contributed by atoms with van der Waals surface area (Å²) in [6.07, 6.45) is 3.04. The molecule has 2 rings (SSSR count). The van der Waals surface area contributed by atoms with Crippen LogP contribution in [0.4, 0.5) is 0 Å². The van der Waals surface area contributed by atoms with Crippen molar-refractivity contribution in [2.24, 2.45) is 0 Å². The molecule has 0 spiro atoms. The van der Waals surface area contributed by atoms with Gasteiger partial charge in [0.15, 0.2) is 0 Å². The van der Waals surface area contributed by atoms with Crippen LogP contribution in [0.3, 0.4) is 0 Å². The molecule has 0 amide bonds. The van der Waals surface area contributed by atoms with Gasteiger partial charge in [-0.1, -0.05) is 30.9 Å². The van der Waals surface area contributed by atoms with Crippen LogP contribution in [0, 0.1) is 0 Å². The summed E-state index contributed by atoms with van der Waals surface area (Å²) in [6.45, 7) is 6.85. The summed E-state index contributed by atoms with van der Waals surface area (Å²) in [5.41, 5.74) is 2.17. The molecule has 0 aliphatic heterocycles. The minimum Gasteiger partial charge on any atom is -0.386 e. The lowest BCUT2D eigenvalue weighted by Crippen LogP contribution is -2.46. The third-order valence-corrected chi connectivity index (χ3v) is 5.25. The molecule has 0 bridgehead atoms. The third kappa shape index (κ3) is 1.31. The van der Waals surface area contributed by atoms with E-state index in [1.54, 1.807) is 0 Å². The van der Waals surface area contributed by atoms with E-state index in [9.17, 15) is 10.2 Å². The van der Waals surface area contributed by atoms with Crippen molar-refractivity contribution >= 4 is 8.07 Å². The molecule has 0 aromatic heterocycles. The lowest BCUT2D eigenvalue weighted by molar-refractivity contribution is 0.0362. The van der Waals surface area contributed by atoms with Crippen LogP contribution in [0.1, 0.15) is 12.8 Å². The highest BCUT2D eigenvalue weighted by Gasteiger charge is 2.43. The lowest BCUT2D eigenvalue weighted by Gasteiger charge is -2.42. The van der Waals surface area contributed by atoms with Crippen molar-refractivity contribution in [1.82, 2.24) is 0 Å². The van der Waals surface area contributed by atoms with Crippen LogP contribution in [0.15, 0.2) is 22.4 Å². The topological polar surface area (TPSA) is 40.5 Å². The van der Waals surface area contributed by atoms with E-state index in [2.05, 4.69) is 25.7 Å². The van der Waals surface area contributed by atoms with Crippen LogP contribution < -0.4 is 0 Å². The van der Waals surface area contributed by atoms with Crippen molar-refractivity contribution in [3.8, 4) is 0 Å². The lowest BCUT2D eigenvalue weighted by atomic mass is 9.77. The first-order valence-corrected chi connectivity index (χ1v) is 8.73. The van der Waals surface area contributed by atoms with E-state index >= 15 is 0 Å². The second kappa shape index (κ2) is 3.05. The van der Waals surface area contributed by atoms with Crippen molar-refractivity contribution in [2.75, 3.05) is 0 Å². The summed E-state index contributed by atoms with van der Waals surface area (Å²) in [7, 11) is -1.35. The van der Waals surface area contributed by atoms with Crippen molar-refractivity contribution in [2.45, 2.75) is 44.7 Å². The molecule has 0 aromatic carbocycles. The molecule has 0 saturated carbocycles. The first-order chi connectivity index (χ1) is 6.43. The largest absolute Gasteiger partial charge is 0.386 e. The SMILES string of the molecule is C[Si](C)(C)C1=CCCC2=C1[C@H](O)[C@@H]2O. The van der Waals surface area contributed by atoms with Gasteiger partial charge in [-0.25, -0.2) is 0 Å². The minimum atomic E-state index is -1.35. The maximum absolute atomic E-state index is 9.72. The van der Waals surface area contributed by atoms with Crippen molar-refractivity contribution in [3.05, 3.63) is 22.4 Å². The molecular weight excluding hydrogens is 192 g/mol. The van der Waals surface area contributed by atoms with E-state index < -0.39 is 20.3 Å². The van der Waals surface area contributed by atoms with E-state index in [-0.39, 0.29) is 0 Å². The average molecular weight is 210 g/mol. The Morgan fingerprint density at radius 1 is 1.21 bits per heavy atom. The second-order valence-electron chi connectivity index (χ2n) is 5.24. The van der Waals surface area contributed by atoms with Crippen molar-refractivity contribution in [1.29, 1.82) is 0 Å². The molecule has 0 radical (unpaired) electrons. The van der Waals surface area contributed by atoms with Gasteiger partial charge < -0.3 is 10.2 Å². The smallest absolute Gasteiger partial charge is 0.109 e. The summed E-state index contributed by atoms with van der Waals surface area (Å²) in [6, 6.07) is 0. The summed E-state index contributed by atoms with van der Waals surface area (Å²) in [4.78, 5) is 0. The summed E-state index contributed by atoms with van der Waals surface area (Å²) >= 11 is 0. The van der Waals surface area contributed by atoms with E-state index in [0.717, 1.165) is 24.0 Å². The first kappa shape index (κ1) is 10.1. The van der Waals surface area contributed by atoms with Gasteiger partial charge in [0, 0.05) is 0 Å². The maximum Gasteiger partial charge on any atom is 0.109 e. The van der Waals surface area contributed by atoms with Crippen LogP contribution in [0.25, 0.3) is 0 Å². The van der Waals surface area contributed by atoms with E-state index in [4.69, 9.17) is 0 Å². The summed E-state index contributed by atoms with van der Waals surface area (Å²) in [5, 5.41) is 20.7. The molecular formula is C11H18O2Si. The predicted molar refractivity (Wildman–Crippen MR) is 59.7 cm³/mol. The van der Waals surface area contributed by atoms with Crippen LogP contribution in [-0.4, -0.2) is 30.5 Å². The highest BCUT2D eigenvalue weighted by atomic mass is 28.3. The van der Waals surface area contributed by atoms with E-state index in [1.165, 1.54) is 5.20 Å². The number of hydrogen-bond donors (Lipinski definition) is 2. The van der Waals surface area contributed by atoms with Gasteiger partial charge in [-0.2, -0.15) is 0 Å². The monoisotopic (exact) mass is 210 g/mol. The van der Waals surface area contributed by atoms with E-state index in [0.29, 0.717) is 0 Å². The normalized spacial score (nSPS) is 32.2. The van der Waals surface area contributed by atoms with Crippen molar-refractivity contribution < 1.29 is 10.2 Å². The third-order valence-electron chi connectivity index (χ3n) is 3.16. The number of rotatable bonds is 1. The molecule has 0 aromatic rings. The van der Waals surface area contributed by atoms with Crippen LogP contribution >= 0.6 is 0 Å². The Bertz CT molecular complexity index is 323. The number of hydrogen-bond acceptors (Lipinski definition) is 2. The Labute approximate surface area is 86.0 Å². The van der Waals surface area contributed by atoms with E-state index in [1.807, 2.05) is 0 Å². The van der Waals surface area contributed by atoms with Gasteiger partial charge in [0.2, 0.25) is 0 Å². The first-order valence-electron chi connectivity index (χ1n) is 5.23. The molecule has 2 N–H and O–H groups in total. The average Bonchev–Trinajstić information content (AvgIpc) is 2.14. The Morgan fingerprint density at radius 3 is 2.43 bits per heavy atom. The molecule has 0 unspecified atom stereocenters. The Morgan fingerprint density at radius 2 is 1.86 bits per heavy atom. The fourth-order valence-corrected chi connectivity index (χ4v) is 4.28. The quantitative estimate of drug-likeness (QED) is 0.646. The second-order valence-corrected chi connectivity index (χ2v) is 10.3. The van der Waals surface area contributed by atoms with Crippen LogP contribution in [-0.2, 0) is 0 Å². The Hall–Kier alpha value is -0.383. The molecule has 0 saturated heterocycles. The van der Waals surface area contributed by atoms with Gasteiger partial charge in [0.25, 0.3) is 0 Å². The number of aliphatic hydroxyl groups is 2. The number of aliphatic hydroxyl groups excluding tert-OH is 2. The van der Waals surface area contributed by atoms with Crippen LogP contribution in [0.2, 0.25) is 19.6 Å². The molecule has 0 fully saturated rings. The van der Waals surface area contributed by atoms with Gasteiger partial charge in [-0.15, -0.1) is 0 Å². The van der Waals surface area contributed by atoms with Gasteiger partial charge in [0.05, 0.1) is 8.07 Å². The molecule has 78 valence electrons. The molecule has 14 heavy (non-hydrogen) atoms. The fraction of sp³-hybridized carbons (Fsp3) is 0.636. The van der Waals surface area contributed by atoms with Crippen LogP contribution in [0.5, 0.6) is 0 Å². The standard InChI is InChI=1S/C11H18O2Si/c1-14(2,3)8-6-4-5-7-9(8)11(13)10(7)12/h6,10-13H,4-5H2,1-3H3/t10-,11+/m1/s1. The van der Waals surface area contributed by atoms with Gasteiger partial charge >= 0.3 is 0 Å². The fourth-order valence-electron chi connectivity index (χ4n) is 2.41. The van der Waals surface area contributed by atoms with Gasteiger partial charge in [-0.05, 0) is 24.0 Å². The number of allylic oxidation sites excluding steroid dienone is 1. The molecule has 2 nitrogen and oxygen atoms in total. The Balaban J connectivity index is 2.38. The predicted octanol–water partition coefficient (Wildman–Crippen LogP) is 1.62. The molecule has 2 atom stereocenters. The summed E-state index contributed by atoms with van der Waals surface area (Å²) in [5.74, 6) is 0. The maximum atomic E-state index is 9.72. The Kier molecular flexibility index (Phi) is 2.21. The van der Waals surface area contributed by atoms with Gasteiger partial charge in [-0.3, -0.25) is 0 Å². The zero-order valence-corrected chi connectivity index (χ0v) is 10.0. The minimum absolute atomic E-state index is 0.579.